The Hall–Kier alpha value is -3.08. The van der Waals surface area contributed by atoms with Crippen LogP contribution in [-0.2, 0) is 9.53 Å². The van der Waals surface area contributed by atoms with E-state index in [0.29, 0.717) is 12.1 Å². The van der Waals surface area contributed by atoms with Gasteiger partial charge in [-0.15, -0.1) is 0 Å². The number of nitrogens with one attached hydrogen (secondary N) is 2. The van der Waals surface area contributed by atoms with Gasteiger partial charge in [-0.25, -0.2) is 4.79 Å². The van der Waals surface area contributed by atoms with Crippen molar-refractivity contribution in [2.75, 3.05) is 5.32 Å². The van der Waals surface area contributed by atoms with Crippen LogP contribution in [0.4, 0.5) is 10.5 Å². The van der Waals surface area contributed by atoms with Gasteiger partial charge in [-0.1, -0.05) is 48.5 Å². The molecule has 0 aromatic heterocycles. The lowest BCUT2D eigenvalue weighted by Crippen LogP contribution is -2.40. The van der Waals surface area contributed by atoms with E-state index in [1.165, 1.54) is 0 Å². The quantitative estimate of drug-likeness (QED) is 0.774. The zero-order valence-corrected chi connectivity index (χ0v) is 15.1. The van der Waals surface area contributed by atoms with Gasteiger partial charge in [-0.3, -0.25) is 10.1 Å². The maximum Gasteiger partial charge on any atom is 0.411 e. The van der Waals surface area contributed by atoms with Crippen molar-refractivity contribution in [2.24, 2.45) is 0 Å². The summed E-state index contributed by atoms with van der Waals surface area (Å²) in [6.07, 6.45) is 5.94. The number of carbonyl (C=O) groups is 2. The Morgan fingerprint density at radius 1 is 0.963 bits per heavy atom. The highest BCUT2D eigenvalue weighted by atomic mass is 16.6. The van der Waals surface area contributed by atoms with Crippen molar-refractivity contribution in [3.05, 3.63) is 72.3 Å². The van der Waals surface area contributed by atoms with Gasteiger partial charge in [0.2, 0.25) is 5.91 Å². The Morgan fingerprint density at radius 2 is 1.67 bits per heavy atom. The second-order valence-electron chi connectivity index (χ2n) is 6.63. The van der Waals surface area contributed by atoms with Crippen molar-refractivity contribution in [1.29, 1.82) is 0 Å². The molecule has 0 radical (unpaired) electrons. The third-order valence-electron chi connectivity index (χ3n) is 4.49. The van der Waals surface area contributed by atoms with Crippen LogP contribution in [0.25, 0.3) is 6.08 Å². The molecule has 5 nitrogen and oxygen atoms in total. The Kier molecular flexibility index (Phi) is 6.63. The topological polar surface area (TPSA) is 67.4 Å². The second kappa shape index (κ2) is 9.57. The minimum Gasteiger partial charge on any atom is -0.446 e. The normalized spacial score (nSPS) is 19.4. The van der Waals surface area contributed by atoms with Crippen molar-refractivity contribution in [3.8, 4) is 0 Å². The second-order valence-corrected chi connectivity index (χ2v) is 6.63. The minimum absolute atomic E-state index is 0.0150. The summed E-state index contributed by atoms with van der Waals surface area (Å²) in [5, 5.41) is 5.73. The molecule has 0 saturated heterocycles. The van der Waals surface area contributed by atoms with E-state index in [4.69, 9.17) is 4.74 Å². The number of amides is 2. The molecule has 1 aliphatic carbocycles. The zero-order valence-electron chi connectivity index (χ0n) is 15.1. The highest BCUT2D eigenvalue weighted by Crippen LogP contribution is 2.22. The van der Waals surface area contributed by atoms with E-state index in [2.05, 4.69) is 10.6 Å². The summed E-state index contributed by atoms with van der Waals surface area (Å²) in [6.45, 7) is 0. The fourth-order valence-electron chi connectivity index (χ4n) is 3.19. The highest BCUT2D eigenvalue weighted by molar-refractivity contribution is 5.91. The third kappa shape index (κ3) is 6.29. The fraction of sp³-hybridized carbons (Fsp3) is 0.273. The fourth-order valence-corrected chi connectivity index (χ4v) is 3.19. The number of rotatable bonds is 5. The van der Waals surface area contributed by atoms with E-state index in [-0.39, 0.29) is 18.1 Å². The molecule has 0 spiro atoms. The molecule has 1 saturated carbocycles. The summed E-state index contributed by atoms with van der Waals surface area (Å²) < 4.78 is 5.52. The average molecular weight is 364 g/mol. The molecule has 1 fully saturated rings. The van der Waals surface area contributed by atoms with E-state index in [9.17, 15) is 9.59 Å². The molecule has 27 heavy (non-hydrogen) atoms. The van der Waals surface area contributed by atoms with Crippen LogP contribution in [0.15, 0.2) is 66.7 Å². The van der Waals surface area contributed by atoms with Crippen LogP contribution < -0.4 is 10.6 Å². The monoisotopic (exact) mass is 364 g/mol. The Labute approximate surface area is 159 Å². The molecule has 2 aromatic rings. The first-order valence-electron chi connectivity index (χ1n) is 9.25. The zero-order chi connectivity index (χ0) is 18.9. The van der Waals surface area contributed by atoms with E-state index < -0.39 is 6.09 Å². The van der Waals surface area contributed by atoms with Gasteiger partial charge in [-0.05, 0) is 43.0 Å². The van der Waals surface area contributed by atoms with Crippen LogP contribution in [0.5, 0.6) is 0 Å². The number of carbonyl (C=O) groups excluding carboxylic acids is 2. The Bertz CT molecular complexity index is 775. The molecule has 2 N–H and O–H groups in total. The van der Waals surface area contributed by atoms with Crippen LogP contribution in [0.3, 0.4) is 0 Å². The lowest BCUT2D eigenvalue weighted by Gasteiger charge is -2.29. The summed E-state index contributed by atoms with van der Waals surface area (Å²) in [5.41, 5.74) is 1.68. The van der Waals surface area contributed by atoms with Gasteiger partial charge >= 0.3 is 6.09 Å². The van der Waals surface area contributed by atoms with Crippen LogP contribution in [-0.4, -0.2) is 24.1 Å². The Morgan fingerprint density at radius 3 is 2.41 bits per heavy atom. The molecule has 0 aliphatic heterocycles. The third-order valence-corrected chi connectivity index (χ3v) is 4.49. The van der Waals surface area contributed by atoms with Crippen LogP contribution in [0.2, 0.25) is 0 Å². The smallest absolute Gasteiger partial charge is 0.411 e. The summed E-state index contributed by atoms with van der Waals surface area (Å²) in [6, 6.07) is 18.9. The molecular formula is C22H24N2O3. The van der Waals surface area contributed by atoms with Crippen molar-refractivity contribution in [3.63, 3.8) is 0 Å². The van der Waals surface area contributed by atoms with Crippen molar-refractivity contribution in [2.45, 2.75) is 37.8 Å². The van der Waals surface area contributed by atoms with Crippen LogP contribution in [0, 0.1) is 0 Å². The summed E-state index contributed by atoms with van der Waals surface area (Å²) in [5.74, 6) is -0.127. The van der Waals surface area contributed by atoms with Gasteiger partial charge in [0.25, 0.3) is 0 Å². The maximum absolute atomic E-state index is 12.1. The molecule has 2 aromatic carbocycles. The van der Waals surface area contributed by atoms with Gasteiger partial charge in [0, 0.05) is 24.2 Å². The molecule has 1 aliphatic rings. The largest absolute Gasteiger partial charge is 0.446 e. The molecule has 5 heteroatoms. The summed E-state index contributed by atoms with van der Waals surface area (Å²) >= 11 is 0. The predicted octanol–water partition coefficient (Wildman–Crippen LogP) is 4.38. The summed E-state index contributed by atoms with van der Waals surface area (Å²) in [4.78, 5) is 24.2. The van der Waals surface area contributed by atoms with Gasteiger partial charge in [0.15, 0.2) is 0 Å². The molecule has 0 bridgehead atoms. The van der Waals surface area contributed by atoms with E-state index in [1.807, 2.05) is 60.7 Å². The number of para-hydroxylation sites is 1. The molecule has 0 unspecified atom stereocenters. The number of ether oxygens (including phenoxy) is 1. The van der Waals surface area contributed by atoms with Gasteiger partial charge in [-0.2, -0.15) is 0 Å². The van der Waals surface area contributed by atoms with Crippen molar-refractivity contribution in [1.82, 2.24) is 5.32 Å². The standard InChI is InChI=1S/C22H24N2O3/c25-21(15-14-17-8-3-1-4-9-17)23-19-12-7-13-20(16-19)27-22(26)24-18-10-5-2-6-11-18/h1-6,8-11,14-15,19-20H,7,12-13,16H2,(H,23,25)(H,24,26)/b15-14+/t19-,20-/m0/s1. The van der Waals surface area contributed by atoms with Crippen molar-refractivity contribution >= 4 is 23.8 Å². The number of anilines is 1. The first-order valence-corrected chi connectivity index (χ1v) is 9.25. The van der Waals surface area contributed by atoms with E-state index >= 15 is 0 Å². The Balaban J connectivity index is 1.45. The predicted molar refractivity (Wildman–Crippen MR) is 106 cm³/mol. The highest BCUT2D eigenvalue weighted by Gasteiger charge is 2.25. The minimum atomic E-state index is -0.456. The molecule has 0 heterocycles. The van der Waals surface area contributed by atoms with E-state index in [0.717, 1.165) is 24.8 Å². The van der Waals surface area contributed by atoms with Gasteiger partial charge < -0.3 is 10.1 Å². The number of hydrogen-bond acceptors (Lipinski definition) is 3. The SMILES string of the molecule is O=C(/C=C/c1ccccc1)N[C@H]1CCC[C@H](OC(=O)Nc2ccccc2)C1. The number of hydrogen-bond donors (Lipinski definition) is 2. The first kappa shape index (κ1) is 18.7. The average Bonchev–Trinajstić information content (AvgIpc) is 2.68. The lowest BCUT2D eigenvalue weighted by molar-refractivity contribution is -0.117. The summed E-state index contributed by atoms with van der Waals surface area (Å²) in [7, 11) is 0. The van der Waals surface area contributed by atoms with Crippen LogP contribution in [0.1, 0.15) is 31.2 Å². The maximum atomic E-state index is 12.1. The van der Waals surface area contributed by atoms with Crippen LogP contribution >= 0.6 is 0 Å². The molecule has 2 amide bonds. The van der Waals surface area contributed by atoms with Gasteiger partial charge in [0.05, 0.1) is 0 Å². The van der Waals surface area contributed by atoms with Crippen molar-refractivity contribution < 1.29 is 14.3 Å². The molecule has 2 atom stereocenters. The molecule has 140 valence electrons. The lowest BCUT2D eigenvalue weighted by atomic mass is 9.93. The first-order chi connectivity index (χ1) is 13.2. The number of benzene rings is 2. The molecule has 3 rings (SSSR count). The molecular weight excluding hydrogens is 340 g/mol. The van der Waals surface area contributed by atoms with Gasteiger partial charge in [0.1, 0.15) is 6.10 Å². The van der Waals surface area contributed by atoms with E-state index in [1.54, 1.807) is 12.2 Å².